The molecular formula is C20H27N5OS2. The van der Waals surface area contributed by atoms with Gasteiger partial charge in [-0.1, -0.05) is 39.0 Å². The van der Waals surface area contributed by atoms with Crippen LogP contribution in [0, 0.1) is 11.3 Å². The number of carbonyl (C=O) groups is 1. The molecule has 3 rings (SSSR count). The van der Waals surface area contributed by atoms with Gasteiger partial charge in [-0.15, -0.1) is 21.5 Å². The van der Waals surface area contributed by atoms with E-state index in [-0.39, 0.29) is 11.7 Å². The van der Waals surface area contributed by atoms with Crippen molar-refractivity contribution in [2.45, 2.75) is 76.9 Å². The zero-order valence-electron chi connectivity index (χ0n) is 16.7. The van der Waals surface area contributed by atoms with Crippen LogP contribution in [0.3, 0.4) is 0 Å². The second-order valence-electron chi connectivity index (χ2n) is 7.36. The number of nitrogens with one attached hydrogen (secondary N) is 1. The lowest BCUT2D eigenvalue weighted by molar-refractivity contribution is -0.113. The van der Waals surface area contributed by atoms with Crippen LogP contribution in [0.4, 0.5) is 5.00 Å². The molecule has 0 radical (unpaired) electrons. The number of aryl methyl sites for hydroxylation is 1. The predicted octanol–water partition coefficient (Wildman–Crippen LogP) is 4.74. The van der Waals surface area contributed by atoms with Crippen LogP contribution in [0.1, 0.15) is 74.2 Å². The molecule has 8 heteroatoms. The van der Waals surface area contributed by atoms with Crippen molar-refractivity contribution in [2.75, 3.05) is 11.1 Å². The fourth-order valence-electron chi connectivity index (χ4n) is 3.51. The quantitative estimate of drug-likeness (QED) is 0.519. The predicted molar refractivity (Wildman–Crippen MR) is 114 cm³/mol. The lowest BCUT2D eigenvalue weighted by Gasteiger charge is -2.10. The summed E-state index contributed by atoms with van der Waals surface area (Å²) in [5.74, 6) is 1.41. The zero-order chi connectivity index (χ0) is 20.1. The normalized spacial score (nSPS) is 13.8. The summed E-state index contributed by atoms with van der Waals surface area (Å²) in [5, 5.41) is 22.6. The number of hydrogen-bond donors (Lipinski definition) is 1. The molecule has 1 aliphatic rings. The highest BCUT2D eigenvalue weighted by molar-refractivity contribution is 7.99. The van der Waals surface area contributed by atoms with E-state index in [9.17, 15) is 10.1 Å². The number of thioether (sulfide) groups is 1. The van der Waals surface area contributed by atoms with Gasteiger partial charge in [-0.2, -0.15) is 5.26 Å². The Labute approximate surface area is 174 Å². The molecule has 2 heterocycles. The Morgan fingerprint density at radius 1 is 1.32 bits per heavy atom. The molecule has 2 aromatic heterocycles. The smallest absolute Gasteiger partial charge is 0.235 e. The number of nitriles is 1. The lowest BCUT2D eigenvalue weighted by Crippen LogP contribution is -2.15. The molecule has 0 atom stereocenters. The van der Waals surface area contributed by atoms with Crippen molar-refractivity contribution in [2.24, 2.45) is 0 Å². The maximum Gasteiger partial charge on any atom is 0.235 e. The average molecular weight is 418 g/mol. The number of aromatic nitrogens is 3. The number of nitrogens with zero attached hydrogens (tertiary/aromatic N) is 4. The Balaban J connectivity index is 1.68. The highest BCUT2D eigenvalue weighted by Gasteiger charge is 2.21. The van der Waals surface area contributed by atoms with Crippen LogP contribution in [0.2, 0.25) is 0 Å². The minimum Gasteiger partial charge on any atom is -0.316 e. The molecule has 150 valence electrons. The van der Waals surface area contributed by atoms with Gasteiger partial charge in [0, 0.05) is 17.3 Å². The van der Waals surface area contributed by atoms with Crippen molar-refractivity contribution in [1.82, 2.24) is 14.8 Å². The fourth-order valence-corrected chi connectivity index (χ4v) is 5.54. The number of thiophene rings is 1. The SMILES string of the molecule is CCCn1c(SCC(=O)Nc2sc3c(c2C#N)CCCCC3)nnc1C(C)C. The molecule has 2 aromatic rings. The molecule has 0 unspecified atom stereocenters. The van der Waals surface area contributed by atoms with Crippen LogP contribution >= 0.6 is 23.1 Å². The summed E-state index contributed by atoms with van der Waals surface area (Å²) < 4.78 is 2.11. The summed E-state index contributed by atoms with van der Waals surface area (Å²) in [6, 6.07) is 2.31. The summed E-state index contributed by atoms with van der Waals surface area (Å²) in [7, 11) is 0. The number of anilines is 1. The number of rotatable bonds is 7. The molecule has 0 saturated heterocycles. The van der Waals surface area contributed by atoms with Crippen molar-refractivity contribution >= 4 is 34.0 Å². The topological polar surface area (TPSA) is 83.6 Å². The second kappa shape index (κ2) is 9.57. The van der Waals surface area contributed by atoms with Gasteiger partial charge in [0.25, 0.3) is 0 Å². The maximum absolute atomic E-state index is 12.6. The molecular weight excluding hydrogens is 390 g/mol. The maximum atomic E-state index is 12.6. The monoisotopic (exact) mass is 417 g/mol. The van der Waals surface area contributed by atoms with Crippen molar-refractivity contribution in [1.29, 1.82) is 5.26 Å². The minimum atomic E-state index is -0.102. The Kier molecular flexibility index (Phi) is 7.13. The number of amides is 1. The molecule has 1 aliphatic carbocycles. The molecule has 1 amide bonds. The highest BCUT2D eigenvalue weighted by atomic mass is 32.2. The molecule has 0 fully saturated rings. The molecule has 0 aliphatic heterocycles. The van der Waals surface area contributed by atoms with Crippen molar-refractivity contribution in [3.8, 4) is 6.07 Å². The Morgan fingerprint density at radius 3 is 2.82 bits per heavy atom. The Morgan fingerprint density at radius 2 is 2.11 bits per heavy atom. The van der Waals surface area contributed by atoms with Gasteiger partial charge in [0.2, 0.25) is 5.91 Å². The summed E-state index contributed by atoms with van der Waals surface area (Å²) in [4.78, 5) is 13.8. The molecule has 1 N–H and O–H groups in total. The van der Waals surface area contributed by atoms with Crippen molar-refractivity contribution < 1.29 is 4.79 Å². The number of hydrogen-bond acceptors (Lipinski definition) is 6. The molecule has 0 aromatic carbocycles. The van der Waals surface area contributed by atoms with Gasteiger partial charge < -0.3 is 9.88 Å². The Bertz CT molecular complexity index is 878. The van der Waals surface area contributed by atoms with Crippen LogP contribution in [0.25, 0.3) is 0 Å². The fraction of sp³-hybridized carbons (Fsp3) is 0.600. The molecule has 28 heavy (non-hydrogen) atoms. The standard InChI is InChI=1S/C20H27N5OS2/c1-4-10-25-18(13(2)3)23-24-20(25)27-12-17(26)22-19-15(11-21)14-8-6-5-7-9-16(14)28-19/h13H,4-10,12H2,1-3H3,(H,22,26). The molecule has 6 nitrogen and oxygen atoms in total. The van der Waals surface area contributed by atoms with E-state index >= 15 is 0 Å². The third kappa shape index (κ3) is 4.58. The van der Waals surface area contributed by atoms with E-state index in [4.69, 9.17) is 0 Å². The van der Waals surface area contributed by atoms with Gasteiger partial charge in [0.15, 0.2) is 5.16 Å². The van der Waals surface area contributed by atoms with E-state index in [1.165, 1.54) is 23.1 Å². The third-order valence-corrected chi connectivity index (χ3v) is 7.00. The van der Waals surface area contributed by atoms with Crippen LogP contribution < -0.4 is 5.32 Å². The van der Waals surface area contributed by atoms with E-state index in [1.54, 1.807) is 11.3 Å². The van der Waals surface area contributed by atoms with Crippen LogP contribution in [0.5, 0.6) is 0 Å². The molecule has 0 saturated carbocycles. The van der Waals surface area contributed by atoms with Crippen molar-refractivity contribution in [3.05, 3.63) is 21.8 Å². The van der Waals surface area contributed by atoms with Gasteiger partial charge in [-0.25, -0.2) is 0 Å². The van der Waals surface area contributed by atoms with E-state index in [2.05, 4.69) is 46.9 Å². The highest BCUT2D eigenvalue weighted by Crippen LogP contribution is 2.37. The molecule has 0 bridgehead atoms. The van der Waals surface area contributed by atoms with E-state index < -0.39 is 0 Å². The molecule has 0 spiro atoms. The van der Waals surface area contributed by atoms with Crippen LogP contribution in [-0.4, -0.2) is 26.4 Å². The zero-order valence-corrected chi connectivity index (χ0v) is 18.4. The summed E-state index contributed by atoms with van der Waals surface area (Å²) in [5.41, 5.74) is 1.81. The number of fused-ring (bicyclic) bond motifs is 1. The van der Waals surface area contributed by atoms with E-state index in [1.807, 2.05) is 0 Å². The largest absolute Gasteiger partial charge is 0.316 e. The summed E-state index contributed by atoms with van der Waals surface area (Å²) >= 11 is 2.98. The van der Waals surface area contributed by atoms with Crippen LogP contribution in [-0.2, 0) is 24.2 Å². The van der Waals surface area contributed by atoms with E-state index in [0.29, 0.717) is 16.5 Å². The first kappa shape index (κ1) is 20.9. The number of carbonyl (C=O) groups excluding carboxylic acids is 1. The van der Waals surface area contributed by atoms with Gasteiger partial charge in [-0.05, 0) is 37.7 Å². The summed E-state index contributed by atoms with van der Waals surface area (Å²) in [6.45, 7) is 7.17. The van der Waals surface area contributed by atoms with Gasteiger partial charge >= 0.3 is 0 Å². The first-order valence-corrected chi connectivity index (χ1v) is 11.8. The lowest BCUT2D eigenvalue weighted by atomic mass is 10.1. The van der Waals surface area contributed by atoms with Crippen molar-refractivity contribution in [3.63, 3.8) is 0 Å². The third-order valence-electron chi connectivity index (χ3n) is 4.83. The minimum absolute atomic E-state index is 0.102. The van der Waals surface area contributed by atoms with Gasteiger partial charge in [-0.3, -0.25) is 4.79 Å². The van der Waals surface area contributed by atoms with Gasteiger partial charge in [0.1, 0.15) is 16.9 Å². The van der Waals surface area contributed by atoms with Gasteiger partial charge in [0.05, 0.1) is 11.3 Å². The van der Waals surface area contributed by atoms with E-state index in [0.717, 1.165) is 55.2 Å². The Hall–Kier alpha value is -1.85. The average Bonchev–Trinajstić information content (AvgIpc) is 3.13. The summed E-state index contributed by atoms with van der Waals surface area (Å²) in [6.07, 6.45) is 6.43. The van der Waals surface area contributed by atoms with Crippen LogP contribution in [0.15, 0.2) is 5.16 Å². The second-order valence-corrected chi connectivity index (χ2v) is 9.41. The first-order valence-electron chi connectivity index (χ1n) is 9.95. The first-order chi connectivity index (χ1) is 13.5.